The van der Waals surface area contributed by atoms with Gasteiger partial charge in [0.05, 0.1) is 10.7 Å². The Morgan fingerprint density at radius 2 is 2.06 bits per heavy atom. The van der Waals surface area contributed by atoms with Gasteiger partial charge in [-0.3, -0.25) is 0 Å². The molecule has 2 aromatic rings. The van der Waals surface area contributed by atoms with Crippen molar-refractivity contribution in [2.24, 2.45) is 0 Å². The van der Waals surface area contributed by atoms with E-state index in [0.717, 1.165) is 11.1 Å². The molecule has 0 aliphatic rings. The number of benzene rings is 1. The molecule has 0 radical (unpaired) electrons. The number of rotatable bonds is 2. The molecule has 0 atom stereocenters. The summed E-state index contributed by atoms with van der Waals surface area (Å²) in [4.78, 5) is 15.0. The molecule has 0 unspecified atom stereocenters. The lowest BCUT2D eigenvalue weighted by Crippen LogP contribution is -2.05. The maximum absolute atomic E-state index is 10.9. The summed E-state index contributed by atoms with van der Waals surface area (Å²) in [6, 6.07) is 8.55. The fourth-order valence-corrected chi connectivity index (χ4v) is 2.07. The number of carbonyl (C=O) groups is 1. The molecule has 0 saturated carbocycles. The van der Waals surface area contributed by atoms with E-state index in [1.807, 2.05) is 19.1 Å². The van der Waals surface area contributed by atoms with Gasteiger partial charge in [-0.25, -0.2) is 9.78 Å². The second-order valence-electron chi connectivity index (χ2n) is 3.87. The normalized spacial score (nSPS) is 10.3. The highest BCUT2D eigenvalue weighted by Gasteiger charge is 2.13. The van der Waals surface area contributed by atoms with Crippen LogP contribution in [0.5, 0.6) is 0 Å². The SMILES string of the molecule is Cc1cccc(Cl)c1-c1ccc(C(=O)O)c(N)n1. The molecule has 0 aliphatic carbocycles. The average molecular weight is 263 g/mol. The van der Waals surface area contributed by atoms with Gasteiger partial charge < -0.3 is 10.8 Å². The van der Waals surface area contributed by atoms with E-state index < -0.39 is 5.97 Å². The Morgan fingerprint density at radius 3 is 2.61 bits per heavy atom. The summed E-state index contributed by atoms with van der Waals surface area (Å²) in [6.07, 6.45) is 0. The summed E-state index contributed by atoms with van der Waals surface area (Å²) >= 11 is 6.12. The van der Waals surface area contributed by atoms with Gasteiger partial charge >= 0.3 is 5.97 Å². The minimum absolute atomic E-state index is 0.0107. The number of pyridine rings is 1. The Balaban J connectivity index is 2.59. The first-order valence-corrected chi connectivity index (χ1v) is 5.64. The van der Waals surface area contributed by atoms with Crippen molar-refractivity contribution in [1.29, 1.82) is 0 Å². The van der Waals surface area contributed by atoms with E-state index in [1.54, 1.807) is 12.1 Å². The Bertz CT molecular complexity index is 606. The summed E-state index contributed by atoms with van der Waals surface area (Å²) in [5.41, 5.74) is 7.91. The topological polar surface area (TPSA) is 76.2 Å². The van der Waals surface area contributed by atoms with Gasteiger partial charge in [0.1, 0.15) is 11.4 Å². The highest BCUT2D eigenvalue weighted by atomic mass is 35.5. The minimum atomic E-state index is -1.09. The number of hydrogen-bond donors (Lipinski definition) is 2. The highest BCUT2D eigenvalue weighted by molar-refractivity contribution is 6.33. The fourth-order valence-electron chi connectivity index (χ4n) is 1.75. The molecule has 18 heavy (non-hydrogen) atoms. The van der Waals surface area contributed by atoms with E-state index in [1.165, 1.54) is 6.07 Å². The van der Waals surface area contributed by atoms with Crippen molar-refractivity contribution in [3.8, 4) is 11.3 Å². The first-order chi connectivity index (χ1) is 8.50. The molecule has 0 aliphatic heterocycles. The van der Waals surface area contributed by atoms with Crippen LogP contribution in [0.1, 0.15) is 15.9 Å². The van der Waals surface area contributed by atoms with Crippen molar-refractivity contribution in [2.45, 2.75) is 6.92 Å². The molecule has 0 bridgehead atoms. The highest BCUT2D eigenvalue weighted by Crippen LogP contribution is 2.30. The first-order valence-electron chi connectivity index (χ1n) is 5.26. The van der Waals surface area contributed by atoms with Crippen molar-refractivity contribution in [1.82, 2.24) is 4.98 Å². The maximum atomic E-state index is 10.9. The summed E-state index contributed by atoms with van der Waals surface area (Å²) in [5, 5.41) is 9.45. The maximum Gasteiger partial charge on any atom is 0.339 e. The summed E-state index contributed by atoms with van der Waals surface area (Å²) in [7, 11) is 0. The number of hydrogen-bond acceptors (Lipinski definition) is 3. The third-order valence-electron chi connectivity index (χ3n) is 2.63. The fraction of sp³-hybridized carbons (Fsp3) is 0.0769. The lowest BCUT2D eigenvalue weighted by molar-refractivity contribution is 0.0697. The molecule has 4 nitrogen and oxygen atoms in total. The second kappa shape index (κ2) is 4.66. The van der Waals surface area contributed by atoms with Crippen molar-refractivity contribution in [3.05, 3.63) is 46.5 Å². The Hall–Kier alpha value is -2.07. The van der Waals surface area contributed by atoms with Crippen molar-refractivity contribution in [2.75, 3.05) is 5.73 Å². The Kier molecular flexibility index (Phi) is 3.21. The summed E-state index contributed by atoms with van der Waals surface area (Å²) in [5.74, 6) is -1.11. The molecule has 0 amide bonds. The third kappa shape index (κ3) is 2.15. The van der Waals surface area contributed by atoms with Crippen LogP contribution < -0.4 is 5.73 Å². The van der Waals surface area contributed by atoms with Gasteiger partial charge in [-0.15, -0.1) is 0 Å². The number of carboxylic acids is 1. The molecule has 5 heteroatoms. The molecule has 3 N–H and O–H groups in total. The Morgan fingerprint density at radius 1 is 1.33 bits per heavy atom. The number of carboxylic acid groups (broad SMARTS) is 1. The van der Waals surface area contributed by atoms with Crippen LogP contribution in [0, 0.1) is 6.92 Å². The van der Waals surface area contributed by atoms with Crippen LogP contribution in [0.25, 0.3) is 11.3 Å². The monoisotopic (exact) mass is 262 g/mol. The van der Waals surface area contributed by atoms with Gasteiger partial charge in [-0.1, -0.05) is 23.7 Å². The minimum Gasteiger partial charge on any atom is -0.478 e. The lowest BCUT2D eigenvalue weighted by Gasteiger charge is -2.09. The van der Waals surface area contributed by atoms with Crippen molar-refractivity contribution < 1.29 is 9.90 Å². The number of anilines is 1. The molecule has 0 spiro atoms. The van der Waals surface area contributed by atoms with Gasteiger partial charge in [0.15, 0.2) is 0 Å². The zero-order chi connectivity index (χ0) is 13.3. The molecular formula is C13H11ClN2O2. The molecule has 0 fully saturated rings. The quantitative estimate of drug-likeness (QED) is 0.872. The predicted octanol–water partition coefficient (Wildman–Crippen LogP) is 2.99. The van der Waals surface area contributed by atoms with Crippen LogP contribution >= 0.6 is 11.6 Å². The van der Waals surface area contributed by atoms with E-state index in [2.05, 4.69) is 4.98 Å². The number of halogens is 1. The largest absolute Gasteiger partial charge is 0.478 e. The zero-order valence-corrected chi connectivity index (χ0v) is 10.4. The van der Waals surface area contributed by atoms with Crippen LogP contribution in [-0.4, -0.2) is 16.1 Å². The van der Waals surface area contributed by atoms with E-state index in [4.69, 9.17) is 22.4 Å². The first kappa shape index (κ1) is 12.4. The molecule has 1 aromatic heterocycles. The number of nitrogen functional groups attached to an aromatic ring is 1. The number of nitrogens with zero attached hydrogens (tertiary/aromatic N) is 1. The van der Waals surface area contributed by atoms with Crippen LogP contribution in [-0.2, 0) is 0 Å². The molecule has 0 saturated heterocycles. The van der Waals surface area contributed by atoms with Crippen molar-refractivity contribution in [3.63, 3.8) is 0 Å². The molecule has 92 valence electrons. The van der Waals surface area contributed by atoms with E-state index >= 15 is 0 Å². The van der Waals surface area contributed by atoms with E-state index in [0.29, 0.717) is 10.7 Å². The number of nitrogens with two attached hydrogens (primary N) is 1. The standard InChI is InChI=1S/C13H11ClN2O2/c1-7-3-2-4-9(14)11(7)10-6-5-8(13(17)18)12(15)16-10/h2-6H,1H3,(H2,15,16)(H,17,18). The average Bonchev–Trinajstić information content (AvgIpc) is 2.28. The zero-order valence-electron chi connectivity index (χ0n) is 9.64. The van der Waals surface area contributed by atoms with E-state index in [-0.39, 0.29) is 11.4 Å². The summed E-state index contributed by atoms with van der Waals surface area (Å²) in [6.45, 7) is 1.91. The van der Waals surface area contributed by atoms with Gasteiger partial charge in [0.25, 0.3) is 0 Å². The van der Waals surface area contributed by atoms with Crippen LogP contribution in [0.15, 0.2) is 30.3 Å². The molecule has 1 aromatic carbocycles. The van der Waals surface area contributed by atoms with E-state index in [9.17, 15) is 4.79 Å². The van der Waals surface area contributed by atoms with Gasteiger partial charge in [0.2, 0.25) is 0 Å². The van der Waals surface area contributed by atoms with Gasteiger partial charge in [-0.2, -0.15) is 0 Å². The molecule has 1 heterocycles. The van der Waals surface area contributed by atoms with Gasteiger partial charge in [-0.05, 0) is 30.7 Å². The van der Waals surface area contributed by atoms with Crippen LogP contribution in [0.4, 0.5) is 5.82 Å². The van der Waals surface area contributed by atoms with Crippen LogP contribution in [0.2, 0.25) is 5.02 Å². The number of aromatic carboxylic acids is 1. The predicted molar refractivity (Wildman–Crippen MR) is 70.8 cm³/mol. The molecule has 2 rings (SSSR count). The third-order valence-corrected chi connectivity index (χ3v) is 2.95. The smallest absolute Gasteiger partial charge is 0.339 e. The molecular weight excluding hydrogens is 252 g/mol. The van der Waals surface area contributed by atoms with Crippen molar-refractivity contribution >= 4 is 23.4 Å². The summed E-state index contributed by atoms with van der Waals surface area (Å²) < 4.78 is 0. The van der Waals surface area contributed by atoms with Crippen LogP contribution in [0.3, 0.4) is 0 Å². The van der Waals surface area contributed by atoms with Gasteiger partial charge in [0, 0.05) is 5.56 Å². The number of aryl methyl sites for hydroxylation is 1. The number of aromatic nitrogens is 1. The lowest BCUT2D eigenvalue weighted by atomic mass is 10.0. The Labute approximate surface area is 109 Å². The second-order valence-corrected chi connectivity index (χ2v) is 4.27.